The van der Waals surface area contributed by atoms with Gasteiger partial charge in [0.25, 0.3) is 5.91 Å². The Hall–Kier alpha value is -2.23. The Labute approximate surface area is 221 Å². The minimum Gasteiger partial charge on any atom is -0.363 e. The summed E-state index contributed by atoms with van der Waals surface area (Å²) in [7, 11) is 0. The number of rotatable bonds is 8. The number of nitrogens with one attached hydrogen (secondary N) is 3. The quantitative estimate of drug-likeness (QED) is 0.282. The Morgan fingerprint density at radius 1 is 1.08 bits per heavy atom. The summed E-state index contributed by atoms with van der Waals surface area (Å²) in [6.45, 7) is 18.3. The van der Waals surface area contributed by atoms with Gasteiger partial charge in [0.2, 0.25) is 17.6 Å². The number of ketones is 1. The van der Waals surface area contributed by atoms with Crippen molar-refractivity contribution in [2.24, 2.45) is 28.4 Å². The van der Waals surface area contributed by atoms with E-state index in [1.54, 1.807) is 4.90 Å². The molecule has 3 amide bonds. The summed E-state index contributed by atoms with van der Waals surface area (Å²) in [5.41, 5.74) is 4.31. The van der Waals surface area contributed by atoms with Crippen molar-refractivity contribution in [1.29, 1.82) is 0 Å². The third kappa shape index (κ3) is 6.75. The smallest absolute Gasteiger partial charge is 0.287 e. The van der Waals surface area contributed by atoms with Crippen LogP contribution in [0.3, 0.4) is 0 Å². The molecule has 5 N–H and O–H groups in total. The number of hydrogen-bond acceptors (Lipinski definition) is 5. The highest BCUT2D eigenvalue weighted by Gasteiger charge is 2.61. The number of Topliss-reactive ketones (excluding diaryl/α,β-unsaturated/α-hetero) is 1. The van der Waals surface area contributed by atoms with Crippen LogP contribution in [0.5, 0.6) is 0 Å². The zero-order chi connectivity index (χ0) is 27.8. The van der Waals surface area contributed by atoms with Gasteiger partial charge in [-0.3, -0.25) is 19.2 Å². The second-order valence-corrected chi connectivity index (χ2v) is 13.5. The van der Waals surface area contributed by atoms with Crippen molar-refractivity contribution < 1.29 is 19.2 Å². The fraction of sp³-hybridized carbons (Fsp3) is 0.808. The van der Waals surface area contributed by atoms with Crippen LogP contribution in [0, 0.1) is 22.7 Å². The van der Waals surface area contributed by atoms with Crippen LogP contribution in [-0.4, -0.2) is 63.7 Å². The van der Waals surface area contributed by atoms with E-state index in [9.17, 15) is 19.2 Å². The van der Waals surface area contributed by atoms with E-state index in [0.29, 0.717) is 24.5 Å². The van der Waals surface area contributed by atoms with Gasteiger partial charge < -0.3 is 26.6 Å². The lowest BCUT2D eigenvalue weighted by atomic mass is 9.55. The first-order chi connectivity index (χ1) is 16.3. The molecule has 1 heterocycles. The first-order valence-corrected chi connectivity index (χ1v) is 13.2. The van der Waals surface area contributed by atoms with Gasteiger partial charge in [0.15, 0.2) is 5.11 Å². The topological polar surface area (TPSA) is 134 Å². The lowest BCUT2D eigenvalue weighted by molar-refractivity contribution is -0.145. The molecular weight excluding hydrogens is 478 g/mol. The van der Waals surface area contributed by atoms with E-state index in [1.807, 2.05) is 48.5 Å². The van der Waals surface area contributed by atoms with Gasteiger partial charge in [-0.05, 0) is 68.5 Å². The van der Waals surface area contributed by atoms with Gasteiger partial charge in [-0.15, -0.1) is 0 Å². The van der Waals surface area contributed by atoms with Crippen LogP contribution in [0.4, 0.5) is 0 Å². The van der Waals surface area contributed by atoms with Crippen LogP contribution in [0.15, 0.2) is 0 Å². The molecule has 5 atom stereocenters. The summed E-state index contributed by atoms with van der Waals surface area (Å²) < 4.78 is 0. The van der Waals surface area contributed by atoms with E-state index in [4.69, 9.17) is 18.0 Å². The number of carbonyl (C=O) groups is 4. The van der Waals surface area contributed by atoms with Crippen LogP contribution in [0.25, 0.3) is 0 Å². The largest absolute Gasteiger partial charge is 0.363 e. The predicted octanol–water partition coefficient (Wildman–Crippen LogP) is 1.88. The molecule has 10 heteroatoms. The first-order valence-electron chi connectivity index (χ1n) is 12.8. The summed E-state index contributed by atoms with van der Waals surface area (Å²) in [5.74, 6) is -2.38. The summed E-state index contributed by atoms with van der Waals surface area (Å²) in [5, 5.41) is 9.52. The number of carbonyl (C=O) groups excluding carboxylic acids is 4. The maximum atomic E-state index is 14.0. The summed E-state index contributed by atoms with van der Waals surface area (Å²) >= 11 is 5.50. The van der Waals surface area contributed by atoms with Gasteiger partial charge in [0, 0.05) is 12.1 Å². The minimum absolute atomic E-state index is 0.0484. The summed E-state index contributed by atoms with van der Waals surface area (Å²) in [4.78, 5) is 53.3. The number of nitrogens with two attached hydrogens (primary N) is 1. The van der Waals surface area contributed by atoms with Crippen molar-refractivity contribution >= 4 is 40.8 Å². The molecule has 2 aliphatic rings. The fourth-order valence-electron chi connectivity index (χ4n) is 5.68. The Bertz CT molecular complexity index is 905. The molecule has 0 aromatic rings. The lowest BCUT2D eigenvalue weighted by Crippen LogP contribution is -2.62. The normalized spacial score (nSPS) is 24.6. The molecule has 0 bridgehead atoms. The highest BCUT2D eigenvalue weighted by atomic mass is 32.1. The van der Waals surface area contributed by atoms with Crippen molar-refractivity contribution in [3.05, 3.63) is 0 Å². The molecular formula is C26H45N5O4S. The second-order valence-electron chi connectivity index (χ2n) is 13.1. The number of primary amides is 1. The van der Waals surface area contributed by atoms with Crippen LogP contribution in [0.2, 0.25) is 0 Å². The lowest BCUT2D eigenvalue weighted by Gasteiger charge is -2.49. The van der Waals surface area contributed by atoms with Crippen LogP contribution < -0.4 is 21.7 Å². The first kappa shape index (κ1) is 30.0. The Kier molecular flexibility index (Phi) is 8.86. The van der Waals surface area contributed by atoms with Crippen molar-refractivity contribution in [1.82, 2.24) is 20.9 Å². The molecule has 1 unspecified atom stereocenters. The zero-order valence-corrected chi connectivity index (χ0v) is 24.1. The zero-order valence-electron chi connectivity index (χ0n) is 23.3. The second kappa shape index (κ2) is 10.6. The van der Waals surface area contributed by atoms with Crippen LogP contribution in [-0.2, 0) is 19.2 Å². The molecule has 204 valence electrons. The summed E-state index contributed by atoms with van der Waals surface area (Å²) in [6.07, 6.45) is 1.79. The number of fused-ring (bicyclic) bond motifs is 1. The molecule has 0 radical (unpaired) electrons. The molecule has 0 aromatic heterocycles. The average molecular weight is 524 g/mol. The maximum Gasteiger partial charge on any atom is 0.287 e. The predicted molar refractivity (Wildman–Crippen MR) is 144 cm³/mol. The van der Waals surface area contributed by atoms with E-state index in [0.717, 1.165) is 6.42 Å². The highest BCUT2D eigenvalue weighted by Crippen LogP contribution is 2.57. The van der Waals surface area contributed by atoms with Gasteiger partial charge in [-0.25, -0.2) is 0 Å². The third-order valence-electron chi connectivity index (χ3n) is 7.19. The third-order valence-corrected chi connectivity index (χ3v) is 7.41. The molecule has 36 heavy (non-hydrogen) atoms. The average Bonchev–Trinajstić information content (AvgIpc) is 3.03. The van der Waals surface area contributed by atoms with E-state index in [1.165, 1.54) is 0 Å². The number of nitrogens with zero attached hydrogens (tertiary/aromatic N) is 1. The SMILES string of the molecule is CCCC(NC(=O)[C@@H]1[C@@H]2[C@H](CN1C(=O)[C@@H](NC(=S)NC(C)(C)C)C(C)(C)C)CC2(C)C)C(=O)C(N)=O. The van der Waals surface area contributed by atoms with Crippen molar-refractivity contribution in [3.63, 3.8) is 0 Å². The number of amides is 3. The van der Waals surface area contributed by atoms with Gasteiger partial charge in [0.05, 0.1) is 6.04 Å². The molecule has 1 aliphatic heterocycles. The Morgan fingerprint density at radius 2 is 1.67 bits per heavy atom. The Balaban J connectivity index is 2.37. The fourth-order valence-corrected chi connectivity index (χ4v) is 6.10. The maximum absolute atomic E-state index is 14.0. The van der Waals surface area contributed by atoms with Gasteiger partial charge in [-0.2, -0.15) is 0 Å². The minimum atomic E-state index is -1.08. The highest BCUT2D eigenvalue weighted by molar-refractivity contribution is 7.80. The van der Waals surface area contributed by atoms with Crippen molar-refractivity contribution in [2.45, 2.75) is 105 Å². The van der Waals surface area contributed by atoms with Gasteiger partial charge >= 0.3 is 0 Å². The van der Waals surface area contributed by atoms with E-state index in [2.05, 4.69) is 29.8 Å². The molecule has 1 aliphatic carbocycles. The Morgan fingerprint density at radius 3 is 2.11 bits per heavy atom. The van der Waals surface area contributed by atoms with Crippen LogP contribution >= 0.6 is 12.2 Å². The number of hydrogen-bond donors (Lipinski definition) is 4. The standard InChI is InChI=1S/C26H45N5O4S/c1-10-11-15(18(32)20(27)33)28-21(34)17-16-14(12-26(16,8)9)13-31(17)22(35)19(24(2,3)4)29-23(36)30-25(5,6)7/h14-17,19H,10-13H2,1-9H3,(H2,27,33)(H,28,34)(H2,29,30,36)/t14-,15?,16-,17-,19+/m0/s1. The molecule has 1 saturated heterocycles. The van der Waals surface area contributed by atoms with Gasteiger partial charge in [0.1, 0.15) is 12.1 Å². The molecule has 0 aromatic carbocycles. The van der Waals surface area contributed by atoms with E-state index < -0.39 is 41.1 Å². The van der Waals surface area contributed by atoms with E-state index in [-0.39, 0.29) is 28.7 Å². The monoisotopic (exact) mass is 523 g/mol. The summed E-state index contributed by atoms with van der Waals surface area (Å²) in [6, 6.07) is -2.42. The van der Waals surface area contributed by atoms with Crippen LogP contribution in [0.1, 0.15) is 81.6 Å². The molecule has 0 spiro atoms. The number of likely N-dealkylation sites (tertiary alicyclic amines) is 1. The molecule has 2 fully saturated rings. The molecule has 9 nitrogen and oxygen atoms in total. The molecule has 2 rings (SSSR count). The number of thiocarbonyl (C=S) groups is 1. The van der Waals surface area contributed by atoms with Crippen molar-refractivity contribution in [2.75, 3.05) is 6.54 Å². The van der Waals surface area contributed by atoms with Crippen molar-refractivity contribution in [3.8, 4) is 0 Å². The van der Waals surface area contributed by atoms with E-state index >= 15 is 0 Å². The van der Waals surface area contributed by atoms with Gasteiger partial charge in [-0.1, -0.05) is 48.0 Å². The molecule has 1 saturated carbocycles.